The molecule has 0 aromatic heterocycles. The molecule has 4 nitrogen and oxygen atoms in total. The van der Waals surface area contributed by atoms with Gasteiger partial charge in [0.1, 0.15) is 5.78 Å². The van der Waals surface area contributed by atoms with Crippen LogP contribution in [0.2, 0.25) is 0 Å². The van der Waals surface area contributed by atoms with Crippen LogP contribution in [-0.4, -0.2) is 22.0 Å². The smallest absolute Gasteiger partial charge is 0.306 e. The van der Waals surface area contributed by atoms with E-state index in [-0.39, 0.29) is 11.7 Å². The molecule has 0 fully saturated rings. The number of aliphatic carboxylic acids is 1. The molecule has 0 aromatic carbocycles. The highest BCUT2D eigenvalue weighted by Crippen LogP contribution is 2.18. The van der Waals surface area contributed by atoms with Crippen molar-refractivity contribution in [2.24, 2.45) is 5.92 Å². The molecule has 0 heterocycles. The SMILES string of the molecule is C=C(O)CCCCCCCCCCCCCCCCC(CCC(C)=O)C(=O)O. The third kappa shape index (κ3) is 19.4. The molecule has 0 aliphatic rings. The van der Waals surface area contributed by atoms with Crippen molar-refractivity contribution >= 4 is 11.8 Å². The fraction of sp³-hybridized carbons (Fsp3) is 0.833. The van der Waals surface area contributed by atoms with E-state index in [4.69, 9.17) is 5.11 Å². The second kappa shape index (κ2) is 19.0. The second-order valence-corrected chi connectivity index (χ2v) is 8.33. The molecule has 1 atom stereocenters. The fourth-order valence-electron chi connectivity index (χ4n) is 3.61. The third-order valence-electron chi connectivity index (χ3n) is 5.46. The molecule has 0 aliphatic heterocycles. The molecule has 0 aromatic rings. The maximum atomic E-state index is 11.2. The minimum atomic E-state index is -0.752. The Labute approximate surface area is 172 Å². The highest BCUT2D eigenvalue weighted by atomic mass is 16.4. The number of carboxylic acids is 1. The molecule has 2 N–H and O–H groups in total. The van der Waals surface area contributed by atoms with E-state index in [9.17, 15) is 14.7 Å². The zero-order chi connectivity index (χ0) is 21.0. The summed E-state index contributed by atoms with van der Waals surface area (Å²) >= 11 is 0. The number of rotatable bonds is 21. The maximum absolute atomic E-state index is 11.2. The molecule has 0 saturated carbocycles. The molecule has 0 radical (unpaired) electrons. The minimum Gasteiger partial charge on any atom is -0.513 e. The molecule has 0 amide bonds. The van der Waals surface area contributed by atoms with Gasteiger partial charge in [-0.2, -0.15) is 0 Å². The predicted molar refractivity (Wildman–Crippen MR) is 117 cm³/mol. The minimum absolute atomic E-state index is 0.0796. The van der Waals surface area contributed by atoms with Crippen LogP contribution in [0.25, 0.3) is 0 Å². The number of ketones is 1. The van der Waals surface area contributed by atoms with Gasteiger partial charge in [0.25, 0.3) is 0 Å². The van der Waals surface area contributed by atoms with Gasteiger partial charge < -0.3 is 15.0 Å². The number of aliphatic hydroxyl groups excluding tert-OH is 1. The Morgan fingerprint density at radius 2 is 1.04 bits per heavy atom. The van der Waals surface area contributed by atoms with Crippen molar-refractivity contribution in [2.75, 3.05) is 0 Å². The van der Waals surface area contributed by atoms with E-state index in [1.165, 1.54) is 77.6 Å². The van der Waals surface area contributed by atoms with Crippen LogP contribution in [0, 0.1) is 5.92 Å². The third-order valence-corrected chi connectivity index (χ3v) is 5.46. The summed E-state index contributed by atoms with van der Waals surface area (Å²) in [5.74, 6) is -0.708. The van der Waals surface area contributed by atoms with Gasteiger partial charge in [-0.05, 0) is 26.2 Å². The van der Waals surface area contributed by atoms with E-state index in [1.54, 1.807) is 0 Å². The molecule has 0 spiro atoms. The van der Waals surface area contributed by atoms with Crippen LogP contribution < -0.4 is 0 Å². The van der Waals surface area contributed by atoms with Gasteiger partial charge in [-0.3, -0.25) is 4.79 Å². The summed E-state index contributed by atoms with van der Waals surface area (Å²) < 4.78 is 0. The van der Waals surface area contributed by atoms with Crippen molar-refractivity contribution in [1.82, 2.24) is 0 Å². The zero-order valence-corrected chi connectivity index (χ0v) is 18.2. The van der Waals surface area contributed by atoms with Crippen molar-refractivity contribution < 1.29 is 19.8 Å². The first kappa shape index (κ1) is 26.7. The van der Waals surface area contributed by atoms with Crippen LogP contribution >= 0.6 is 0 Å². The number of hydrogen-bond acceptors (Lipinski definition) is 3. The summed E-state index contributed by atoms with van der Waals surface area (Å²) in [6.45, 7) is 5.03. The highest BCUT2D eigenvalue weighted by molar-refractivity contribution is 5.76. The summed E-state index contributed by atoms with van der Waals surface area (Å²) in [4.78, 5) is 22.2. The Hall–Kier alpha value is -1.32. The van der Waals surface area contributed by atoms with Crippen LogP contribution in [-0.2, 0) is 9.59 Å². The molecule has 0 aliphatic carbocycles. The molecular weight excluding hydrogens is 352 g/mol. The average Bonchev–Trinajstić information content (AvgIpc) is 2.62. The Morgan fingerprint density at radius 1 is 0.643 bits per heavy atom. The van der Waals surface area contributed by atoms with Crippen LogP contribution in [0.3, 0.4) is 0 Å². The van der Waals surface area contributed by atoms with Crippen molar-refractivity contribution in [3.63, 3.8) is 0 Å². The van der Waals surface area contributed by atoms with Crippen molar-refractivity contribution in [2.45, 2.75) is 122 Å². The number of unbranched alkanes of at least 4 members (excludes halogenated alkanes) is 13. The average molecular weight is 397 g/mol. The number of carbonyl (C=O) groups is 2. The number of carboxylic acid groups (broad SMARTS) is 1. The van der Waals surface area contributed by atoms with E-state index in [0.717, 1.165) is 25.7 Å². The van der Waals surface area contributed by atoms with Crippen LogP contribution in [0.15, 0.2) is 12.3 Å². The quantitative estimate of drug-likeness (QED) is 0.157. The molecule has 1 unspecified atom stereocenters. The lowest BCUT2D eigenvalue weighted by molar-refractivity contribution is -0.142. The van der Waals surface area contributed by atoms with Gasteiger partial charge in [-0.25, -0.2) is 0 Å². The number of Topliss-reactive ketones (excluding diaryl/α,β-unsaturated/α-hetero) is 1. The number of aliphatic hydroxyl groups is 1. The van der Waals surface area contributed by atoms with Gasteiger partial charge in [0.15, 0.2) is 0 Å². The largest absolute Gasteiger partial charge is 0.513 e. The van der Waals surface area contributed by atoms with Crippen LogP contribution in [0.4, 0.5) is 0 Å². The van der Waals surface area contributed by atoms with Gasteiger partial charge in [0.05, 0.1) is 11.7 Å². The van der Waals surface area contributed by atoms with Crippen molar-refractivity contribution in [3.05, 3.63) is 12.3 Å². The summed E-state index contributed by atoms with van der Waals surface area (Å²) in [6, 6.07) is 0. The Morgan fingerprint density at radius 3 is 1.39 bits per heavy atom. The van der Waals surface area contributed by atoms with E-state index in [0.29, 0.717) is 25.0 Å². The molecule has 28 heavy (non-hydrogen) atoms. The van der Waals surface area contributed by atoms with E-state index >= 15 is 0 Å². The summed E-state index contributed by atoms with van der Waals surface area (Å²) in [5, 5.41) is 18.2. The van der Waals surface area contributed by atoms with E-state index in [2.05, 4.69) is 6.58 Å². The molecule has 164 valence electrons. The Kier molecular flexibility index (Phi) is 18.1. The Balaban J connectivity index is 3.31. The number of allylic oxidation sites excluding steroid dienone is 1. The van der Waals surface area contributed by atoms with E-state index in [1.807, 2.05) is 0 Å². The lowest BCUT2D eigenvalue weighted by Crippen LogP contribution is -2.14. The predicted octanol–water partition coefficient (Wildman–Crippen LogP) is 7.37. The van der Waals surface area contributed by atoms with E-state index < -0.39 is 5.97 Å². The Bertz CT molecular complexity index is 417. The monoisotopic (exact) mass is 396 g/mol. The van der Waals surface area contributed by atoms with Crippen LogP contribution in [0.1, 0.15) is 122 Å². The van der Waals surface area contributed by atoms with Gasteiger partial charge in [-0.15, -0.1) is 0 Å². The molecule has 0 saturated heterocycles. The number of carbonyl (C=O) groups excluding carboxylic acids is 1. The molecule has 0 bridgehead atoms. The standard InChI is InChI=1S/C24H44O4/c1-21(25)17-15-13-11-9-7-5-3-4-6-8-10-12-14-16-18-23(24(27)28)20-19-22(2)26/h23,25H,1,3-20H2,2H3,(H,27,28). The molecule has 0 rings (SSSR count). The molecular formula is C24H44O4. The highest BCUT2D eigenvalue weighted by Gasteiger charge is 2.17. The first-order chi connectivity index (χ1) is 13.4. The summed E-state index contributed by atoms with van der Waals surface area (Å²) in [7, 11) is 0. The van der Waals surface area contributed by atoms with Gasteiger partial charge in [-0.1, -0.05) is 90.0 Å². The second-order valence-electron chi connectivity index (χ2n) is 8.33. The normalized spacial score (nSPS) is 12.0. The first-order valence-electron chi connectivity index (χ1n) is 11.5. The fourth-order valence-corrected chi connectivity index (χ4v) is 3.61. The summed E-state index contributed by atoms with van der Waals surface area (Å²) in [5.41, 5.74) is 0. The van der Waals surface area contributed by atoms with Gasteiger partial charge in [0, 0.05) is 12.8 Å². The van der Waals surface area contributed by atoms with Crippen molar-refractivity contribution in [1.29, 1.82) is 0 Å². The summed E-state index contributed by atoms with van der Waals surface area (Å²) in [6.07, 6.45) is 19.6. The lowest BCUT2D eigenvalue weighted by atomic mass is 9.95. The maximum Gasteiger partial charge on any atom is 0.306 e. The van der Waals surface area contributed by atoms with Gasteiger partial charge in [0.2, 0.25) is 0 Å². The van der Waals surface area contributed by atoms with Crippen molar-refractivity contribution in [3.8, 4) is 0 Å². The molecule has 4 heteroatoms. The lowest BCUT2D eigenvalue weighted by Gasteiger charge is -2.11. The van der Waals surface area contributed by atoms with Crippen LogP contribution in [0.5, 0.6) is 0 Å². The zero-order valence-electron chi connectivity index (χ0n) is 18.2. The first-order valence-corrected chi connectivity index (χ1v) is 11.5. The van der Waals surface area contributed by atoms with Gasteiger partial charge >= 0.3 is 5.97 Å². The number of hydrogen-bond donors (Lipinski definition) is 2. The topological polar surface area (TPSA) is 74.6 Å².